The van der Waals surface area contributed by atoms with E-state index in [0.29, 0.717) is 11.8 Å². The van der Waals surface area contributed by atoms with Crippen molar-refractivity contribution in [3.05, 3.63) is 29.8 Å². The number of carbonyl (C=O) groups excluding carboxylic acids is 1. The first kappa shape index (κ1) is 15.7. The molecule has 0 bridgehead atoms. The molecule has 1 saturated carbocycles. The third kappa shape index (κ3) is 2.98. The van der Waals surface area contributed by atoms with Crippen molar-refractivity contribution >= 4 is 23.4 Å². The molecule has 0 spiro atoms. The first-order valence-corrected chi connectivity index (χ1v) is 9.56. The lowest BCUT2D eigenvalue weighted by Crippen LogP contribution is -2.38. The Hall–Kier alpha value is -1.16. The minimum atomic E-state index is 0.221. The molecule has 1 aliphatic heterocycles. The maximum atomic E-state index is 12.6. The monoisotopic (exact) mass is 318 g/mol. The lowest BCUT2D eigenvalue weighted by molar-refractivity contribution is -0.138. The number of rotatable bonds is 5. The van der Waals surface area contributed by atoms with Crippen LogP contribution >= 0.6 is 11.8 Å². The van der Waals surface area contributed by atoms with Crippen molar-refractivity contribution in [1.82, 2.24) is 4.90 Å². The topological polar surface area (TPSA) is 23.6 Å². The van der Waals surface area contributed by atoms with Crippen molar-refractivity contribution in [3.8, 4) is 0 Å². The molecule has 1 aromatic rings. The highest BCUT2D eigenvalue weighted by atomic mass is 32.2. The van der Waals surface area contributed by atoms with E-state index in [1.807, 2.05) is 11.8 Å². The van der Waals surface area contributed by atoms with Gasteiger partial charge in [-0.2, -0.15) is 0 Å². The zero-order valence-corrected chi connectivity index (χ0v) is 14.4. The lowest BCUT2D eigenvalue weighted by Gasteiger charge is -2.32. The first-order chi connectivity index (χ1) is 10.7. The number of benzene rings is 1. The average molecular weight is 318 g/mol. The van der Waals surface area contributed by atoms with Gasteiger partial charge in [-0.25, -0.2) is 0 Å². The maximum absolute atomic E-state index is 12.6. The smallest absolute Gasteiger partial charge is 0.226 e. The van der Waals surface area contributed by atoms with E-state index >= 15 is 0 Å². The number of thioether (sulfide) groups is 1. The van der Waals surface area contributed by atoms with E-state index in [0.717, 1.165) is 38.2 Å². The molecule has 22 heavy (non-hydrogen) atoms. The molecule has 2 aliphatic rings. The Kier molecular flexibility index (Phi) is 4.97. The molecule has 3 nitrogen and oxygen atoms in total. The number of amides is 1. The fourth-order valence-electron chi connectivity index (χ4n) is 3.30. The summed E-state index contributed by atoms with van der Waals surface area (Å²) in [5, 5.41) is 0.221. The predicted octanol–water partition coefficient (Wildman–Crippen LogP) is 3.91. The van der Waals surface area contributed by atoms with Crippen molar-refractivity contribution in [2.75, 3.05) is 30.3 Å². The third-order valence-corrected chi connectivity index (χ3v) is 6.20. The zero-order chi connectivity index (χ0) is 15.5. The van der Waals surface area contributed by atoms with Gasteiger partial charge in [-0.15, -0.1) is 11.8 Å². The second kappa shape index (κ2) is 6.95. The Morgan fingerprint density at radius 2 is 1.91 bits per heavy atom. The van der Waals surface area contributed by atoms with Crippen LogP contribution in [-0.4, -0.2) is 36.2 Å². The summed E-state index contributed by atoms with van der Waals surface area (Å²) in [7, 11) is 0. The van der Waals surface area contributed by atoms with Gasteiger partial charge in [-0.1, -0.05) is 18.6 Å². The largest absolute Gasteiger partial charge is 0.372 e. The van der Waals surface area contributed by atoms with Crippen molar-refractivity contribution in [2.45, 2.75) is 38.5 Å². The van der Waals surface area contributed by atoms with Crippen LogP contribution < -0.4 is 4.90 Å². The molecule has 3 rings (SSSR count). The summed E-state index contributed by atoms with van der Waals surface area (Å²) in [6.07, 6.45) is 3.40. The maximum Gasteiger partial charge on any atom is 0.226 e. The molecule has 1 heterocycles. The number of anilines is 1. The van der Waals surface area contributed by atoms with E-state index in [1.54, 1.807) is 0 Å². The van der Waals surface area contributed by atoms with Crippen molar-refractivity contribution < 1.29 is 4.79 Å². The van der Waals surface area contributed by atoms with Crippen molar-refractivity contribution in [3.63, 3.8) is 0 Å². The second-order valence-electron chi connectivity index (χ2n) is 6.15. The van der Waals surface area contributed by atoms with Crippen LogP contribution in [0.2, 0.25) is 0 Å². The number of hydrogen-bond acceptors (Lipinski definition) is 3. The molecule has 0 N–H and O–H groups in total. The normalized spacial score (nSPS) is 21.7. The average Bonchev–Trinajstić information content (AvgIpc) is 2.97. The molecular formula is C18H26N2OS. The summed E-state index contributed by atoms with van der Waals surface area (Å²) < 4.78 is 0. The van der Waals surface area contributed by atoms with Gasteiger partial charge in [0.05, 0.1) is 0 Å². The number of hydrogen-bond donors (Lipinski definition) is 0. The van der Waals surface area contributed by atoms with Gasteiger partial charge in [0, 0.05) is 37.0 Å². The quantitative estimate of drug-likeness (QED) is 0.822. The van der Waals surface area contributed by atoms with Crippen LogP contribution in [-0.2, 0) is 4.79 Å². The van der Waals surface area contributed by atoms with Gasteiger partial charge in [-0.05, 0) is 44.4 Å². The summed E-state index contributed by atoms with van der Waals surface area (Å²) >= 11 is 1.90. The van der Waals surface area contributed by atoms with Crippen LogP contribution in [0, 0.1) is 5.92 Å². The molecule has 1 aliphatic carbocycles. The summed E-state index contributed by atoms with van der Waals surface area (Å²) in [6, 6.07) is 8.82. The van der Waals surface area contributed by atoms with Crippen LogP contribution in [0.25, 0.3) is 0 Å². The molecule has 0 aromatic heterocycles. The fourth-order valence-corrected chi connectivity index (χ4v) is 4.56. The molecule has 1 aromatic carbocycles. The standard InChI is InChI=1S/C18H26N2OS/c1-3-19(4-2)16-10-8-15(9-11-16)18-20(12-13-22-18)17(21)14-6-5-7-14/h8-11,14,18H,3-7,12-13H2,1-2H3. The van der Waals surface area contributed by atoms with Gasteiger partial charge in [0.2, 0.25) is 5.91 Å². The number of nitrogens with zero attached hydrogens (tertiary/aromatic N) is 2. The van der Waals surface area contributed by atoms with Crippen molar-refractivity contribution in [1.29, 1.82) is 0 Å². The molecule has 1 atom stereocenters. The van der Waals surface area contributed by atoms with E-state index in [1.165, 1.54) is 17.7 Å². The van der Waals surface area contributed by atoms with Crippen LogP contribution in [0.15, 0.2) is 24.3 Å². The SMILES string of the molecule is CCN(CC)c1ccc(C2SCCN2C(=O)C2CCC2)cc1. The molecule has 1 amide bonds. The van der Waals surface area contributed by atoms with Crippen molar-refractivity contribution in [2.24, 2.45) is 5.92 Å². The Balaban J connectivity index is 1.73. The lowest BCUT2D eigenvalue weighted by atomic mass is 9.84. The Morgan fingerprint density at radius 3 is 2.45 bits per heavy atom. The fraction of sp³-hybridized carbons (Fsp3) is 0.611. The van der Waals surface area contributed by atoms with E-state index in [-0.39, 0.29) is 5.37 Å². The van der Waals surface area contributed by atoms with Gasteiger partial charge >= 0.3 is 0 Å². The van der Waals surface area contributed by atoms with Gasteiger partial charge in [0.1, 0.15) is 5.37 Å². The zero-order valence-electron chi connectivity index (χ0n) is 13.6. The summed E-state index contributed by atoms with van der Waals surface area (Å²) in [6.45, 7) is 7.33. The van der Waals surface area contributed by atoms with E-state index < -0.39 is 0 Å². The van der Waals surface area contributed by atoms with Crippen LogP contribution in [0.3, 0.4) is 0 Å². The molecule has 1 saturated heterocycles. The first-order valence-electron chi connectivity index (χ1n) is 8.51. The molecule has 120 valence electrons. The van der Waals surface area contributed by atoms with E-state index in [4.69, 9.17) is 0 Å². The second-order valence-corrected chi connectivity index (χ2v) is 7.33. The Morgan fingerprint density at radius 1 is 1.23 bits per heavy atom. The van der Waals surface area contributed by atoms with Crippen LogP contribution in [0.5, 0.6) is 0 Å². The van der Waals surface area contributed by atoms with Crippen LogP contribution in [0.1, 0.15) is 44.0 Å². The Labute approximate surface area is 138 Å². The minimum Gasteiger partial charge on any atom is -0.372 e. The number of carbonyl (C=O) groups is 1. The highest BCUT2D eigenvalue weighted by Gasteiger charge is 2.36. The summed E-state index contributed by atoms with van der Waals surface area (Å²) in [5.74, 6) is 1.74. The molecule has 0 radical (unpaired) electrons. The highest BCUT2D eigenvalue weighted by molar-refractivity contribution is 7.99. The predicted molar refractivity (Wildman–Crippen MR) is 94.3 cm³/mol. The van der Waals surface area contributed by atoms with Gasteiger partial charge in [0.25, 0.3) is 0 Å². The molecule has 2 fully saturated rings. The van der Waals surface area contributed by atoms with Gasteiger partial charge in [-0.3, -0.25) is 4.79 Å². The van der Waals surface area contributed by atoms with Gasteiger partial charge in [0.15, 0.2) is 0 Å². The summed E-state index contributed by atoms with van der Waals surface area (Å²) in [5.41, 5.74) is 2.54. The Bertz CT molecular complexity index is 508. The minimum absolute atomic E-state index is 0.221. The third-order valence-electron chi connectivity index (χ3n) is 4.94. The van der Waals surface area contributed by atoms with Gasteiger partial charge < -0.3 is 9.80 Å². The van der Waals surface area contributed by atoms with E-state index in [2.05, 4.69) is 47.9 Å². The summed E-state index contributed by atoms with van der Waals surface area (Å²) in [4.78, 5) is 17.0. The van der Waals surface area contributed by atoms with E-state index in [9.17, 15) is 4.79 Å². The highest BCUT2D eigenvalue weighted by Crippen LogP contribution is 2.41. The van der Waals surface area contributed by atoms with Crippen LogP contribution in [0.4, 0.5) is 5.69 Å². The molecule has 1 unspecified atom stereocenters. The molecule has 4 heteroatoms. The molecular weight excluding hydrogens is 292 g/mol.